The van der Waals surface area contributed by atoms with Crippen molar-refractivity contribution in [3.63, 3.8) is 0 Å². The lowest BCUT2D eigenvalue weighted by Crippen LogP contribution is -2.55. The lowest BCUT2D eigenvalue weighted by molar-refractivity contribution is 0.0636. The third-order valence-electron chi connectivity index (χ3n) is 4.90. The van der Waals surface area contributed by atoms with Crippen molar-refractivity contribution in [1.82, 2.24) is 13.5 Å². The molecule has 2 fully saturated rings. The van der Waals surface area contributed by atoms with Crippen molar-refractivity contribution < 1.29 is 17.9 Å². The van der Waals surface area contributed by atoms with Gasteiger partial charge in [-0.2, -0.15) is 17.0 Å². The third-order valence-corrected chi connectivity index (χ3v) is 6.94. The number of carbonyl (C=O) groups is 1. The Morgan fingerprint density at radius 1 is 0.920 bits per heavy atom. The highest BCUT2D eigenvalue weighted by molar-refractivity contribution is 7.86. The van der Waals surface area contributed by atoms with Crippen LogP contribution in [-0.4, -0.2) is 80.3 Å². The minimum atomic E-state index is -3.46. The first kappa shape index (κ1) is 18.3. The molecule has 2 saturated heterocycles. The molecule has 7 nitrogen and oxygen atoms in total. The molecule has 8 heteroatoms. The van der Waals surface area contributed by atoms with Gasteiger partial charge in [0.15, 0.2) is 0 Å². The standard InChI is InChI=1S/C17H25N3O4S/c1-14-3-4-16(13-15(14)2)17(21)18-5-7-19(8-6-18)25(22,23)20-9-11-24-12-10-20/h3-4,13H,5-12H2,1-2H3. The van der Waals surface area contributed by atoms with E-state index >= 15 is 0 Å². The summed E-state index contributed by atoms with van der Waals surface area (Å²) in [5, 5.41) is 0. The van der Waals surface area contributed by atoms with E-state index in [-0.39, 0.29) is 5.91 Å². The predicted molar refractivity (Wildman–Crippen MR) is 94.7 cm³/mol. The minimum Gasteiger partial charge on any atom is -0.379 e. The second kappa shape index (κ2) is 7.41. The van der Waals surface area contributed by atoms with E-state index in [1.165, 1.54) is 8.61 Å². The van der Waals surface area contributed by atoms with E-state index in [1.807, 2.05) is 32.0 Å². The summed E-state index contributed by atoms with van der Waals surface area (Å²) in [4.78, 5) is 14.4. The fraction of sp³-hybridized carbons (Fsp3) is 0.588. The molecule has 1 aromatic carbocycles. The van der Waals surface area contributed by atoms with E-state index < -0.39 is 10.2 Å². The number of morpholine rings is 1. The van der Waals surface area contributed by atoms with E-state index in [9.17, 15) is 13.2 Å². The molecule has 0 unspecified atom stereocenters. The van der Waals surface area contributed by atoms with Gasteiger partial charge in [0.2, 0.25) is 0 Å². The summed E-state index contributed by atoms with van der Waals surface area (Å²) in [5.41, 5.74) is 2.89. The van der Waals surface area contributed by atoms with Gasteiger partial charge in [-0.25, -0.2) is 0 Å². The van der Waals surface area contributed by atoms with Gasteiger partial charge in [-0.15, -0.1) is 0 Å². The molecule has 3 rings (SSSR count). The van der Waals surface area contributed by atoms with Crippen molar-refractivity contribution in [1.29, 1.82) is 0 Å². The van der Waals surface area contributed by atoms with E-state index in [4.69, 9.17) is 4.74 Å². The molecule has 0 N–H and O–H groups in total. The maximum atomic E-state index is 12.7. The van der Waals surface area contributed by atoms with E-state index in [0.29, 0.717) is 58.0 Å². The molecule has 0 saturated carbocycles. The van der Waals surface area contributed by atoms with Crippen LogP contribution in [0, 0.1) is 13.8 Å². The lowest BCUT2D eigenvalue weighted by Gasteiger charge is -2.37. The Morgan fingerprint density at radius 3 is 2.12 bits per heavy atom. The first-order chi connectivity index (χ1) is 11.9. The highest BCUT2D eigenvalue weighted by Crippen LogP contribution is 2.17. The Morgan fingerprint density at radius 2 is 1.52 bits per heavy atom. The summed E-state index contributed by atoms with van der Waals surface area (Å²) in [6.45, 7) is 7.14. The topological polar surface area (TPSA) is 70.2 Å². The zero-order chi connectivity index (χ0) is 18.0. The van der Waals surface area contributed by atoms with Crippen molar-refractivity contribution in [3.8, 4) is 0 Å². The molecule has 0 aliphatic carbocycles. The summed E-state index contributed by atoms with van der Waals surface area (Å²) in [7, 11) is -3.46. The van der Waals surface area contributed by atoms with Crippen LogP contribution in [0.15, 0.2) is 18.2 Å². The van der Waals surface area contributed by atoms with Crippen LogP contribution in [0.25, 0.3) is 0 Å². The fourth-order valence-corrected chi connectivity index (χ4v) is 4.68. The maximum absolute atomic E-state index is 12.7. The van der Waals surface area contributed by atoms with Crippen molar-refractivity contribution in [2.75, 3.05) is 52.5 Å². The zero-order valence-electron chi connectivity index (χ0n) is 14.8. The van der Waals surface area contributed by atoms with Crippen LogP contribution >= 0.6 is 0 Å². The Kier molecular flexibility index (Phi) is 5.43. The highest BCUT2D eigenvalue weighted by Gasteiger charge is 2.34. The number of carbonyl (C=O) groups excluding carboxylic acids is 1. The molecule has 0 spiro atoms. The highest BCUT2D eigenvalue weighted by atomic mass is 32.2. The van der Waals surface area contributed by atoms with E-state index in [0.717, 1.165) is 11.1 Å². The molecule has 1 amide bonds. The molecule has 2 aliphatic rings. The lowest BCUT2D eigenvalue weighted by atomic mass is 10.1. The Bertz CT molecular complexity index is 736. The molecule has 25 heavy (non-hydrogen) atoms. The molecular weight excluding hydrogens is 342 g/mol. The number of benzene rings is 1. The number of ether oxygens (including phenoxy) is 1. The van der Waals surface area contributed by atoms with Crippen LogP contribution < -0.4 is 0 Å². The molecule has 0 radical (unpaired) electrons. The van der Waals surface area contributed by atoms with Crippen LogP contribution in [-0.2, 0) is 14.9 Å². The second-order valence-electron chi connectivity index (χ2n) is 6.51. The summed E-state index contributed by atoms with van der Waals surface area (Å²) >= 11 is 0. The minimum absolute atomic E-state index is 0.0356. The Balaban J connectivity index is 1.63. The second-order valence-corrected chi connectivity index (χ2v) is 8.44. The van der Waals surface area contributed by atoms with Gasteiger partial charge in [0.1, 0.15) is 0 Å². The van der Waals surface area contributed by atoms with E-state index in [2.05, 4.69) is 0 Å². The van der Waals surface area contributed by atoms with Crippen LogP contribution in [0.4, 0.5) is 0 Å². The van der Waals surface area contributed by atoms with Crippen molar-refractivity contribution in [2.24, 2.45) is 0 Å². The molecule has 0 aromatic heterocycles. The molecule has 0 bridgehead atoms. The molecular formula is C17H25N3O4S. The Hall–Kier alpha value is -1.48. The van der Waals surface area contributed by atoms with Gasteiger partial charge in [0, 0.05) is 44.8 Å². The number of hydrogen-bond acceptors (Lipinski definition) is 4. The van der Waals surface area contributed by atoms with Gasteiger partial charge >= 0.3 is 0 Å². The monoisotopic (exact) mass is 367 g/mol. The van der Waals surface area contributed by atoms with Gasteiger partial charge < -0.3 is 9.64 Å². The van der Waals surface area contributed by atoms with Gasteiger partial charge in [-0.1, -0.05) is 6.07 Å². The van der Waals surface area contributed by atoms with Crippen molar-refractivity contribution in [2.45, 2.75) is 13.8 Å². The molecule has 1 aromatic rings. The quantitative estimate of drug-likeness (QED) is 0.786. The normalized spacial score (nSPS) is 20.6. The summed E-state index contributed by atoms with van der Waals surface area (Å²) in [5.74, 6) is -0.0356. The van der Waals surface area contributed by atoms with Crippen LogP contribution in [0.5, 0.6) is 0 Å². The van der Waals surface area contributed by atoms with Crippen molar-refractivity contribution >= 4 is 16.1 Å². The number of piperazine rings is 1. The first-order valence-electron chi connectivity index (χ1n) is 8.59. The number of nitrogens with zero attached hydrogens (tertiary/aromatic N) is 3. The number of aryl methyl sites for hydroxylation is 2. The van der Waals surface area contributed by atoms with Gasteiger partial charge in [-0.3, -0.25) is 4.79 Å². The van der Waals surface area contributed by atoms with Crippen molar-refractivity contribution in [3.05, 3.63) is 34.9 Å². The SMILES string of the molecule is Cc1ccc(C(=O)N2CCN(S(=O)(=O)N3CCOCC3)CC2)cc1C. The van der Waals surface area contributed by atoms with Gasteiger partial charge in [0.05, 0.1) is 13.2 Å². The van der Waals surface area contributed by atoms with E-state index in [1.54, 1.807) is 4.90 Å². The summed E-state index contributed by atoms with van der Waals surface area (Å²) in [6.07, 6.45) is 0. The molecule has 138 valence electrons. The maximum Gasteiger partial charge on any atom is 0.282 e. The zero-order valence-corrected chi connectivity index (χ0v) is 15.6. The van der Waals surface area contributed by atoms with Crippen LogP contribution in [0.1, 0.15) is 21.5 Å². The third kappa shape index (κ3) is 3.87. The fourth-order valence-electron chi connectivity index (χ4n) is 3.12. The van der Waals surface area contributed by atoms with Gasteiger partial charge in [0.25, 0.3) is 16.1 Å². The number of amides is 1. The van der Waals surface area contributed by atoms with Crippen LogP contribution in [0.3, 0.4) is 0 Å². The average Bonchev–Trinajstić information content (AvgIpc) is 2.64. The Labute approximate surface area is 149 Å². The largest absolute Gasteiger partial charge is 0.379 e. The molecule has 0 atom stereocenters. The predicted octanol–water partition coefficient (Wildman–Crippen LogP) is 0.638. The average molecular weight is 367 g/mol. The summed E-state index contributed by atoms with van der Waals surface area (Å²) in [6, 6.07) is 5.68. The number of rotatable bonds is 3. The number of hydrogen-bond donors (Lipinski definition) is 0. The summed E-state index contributed by atoms with van der Waals surface area (Å²) < 4.78 is 33.5. The smallest absolute Gasteiger partial charge is 0.282 e. The van der Waals surface area contributed by atoms with Gasteiger partial charge in [-0.05, 0) is 37.1 Å². The van der Waals surface area contributed by atoms with Crippen LogP contribution in [0.2, 0.25) is 0 Å². The molecule has 2 aliphatic heterocycles. The first-order valence-corrected chi connectivity index (χ1v) is 9.99. The molecule has 2 heterocycles.